The van der Waals surface area contributed by atoms with Crippen LogP contribution in [0.15, 0.2) is 35.5 Å². The second kappa shape index (κ2) is 6.00. The Balaban J connectivity index is 1.44. The number of aromatic nitrogens is 3. The molecule has 23 heavy (non-hydrogen) atoms. The van der Waals surface area contributed by atoms with E-state index in [1.54, 1.807) is 4.90 Å². The Morgan fingerprint density at radius 1 is 1.22 bits per heavy atom. The summed E-state index contributed by atoms with van der Waals surface area (Å²) in [7, 11) is 1.82. The van der Waals surface area contributed by atoms with Gasteiger partial charge in [-0.25, -0.2) is 0 Å². The number of thioether (sulfide) groups is 1. The first-order valence-corrected chi connectivity index (χ1v) is 9.12. The fourth-order valence-electron chi connectivity index (χ4n) is 2.70. The maximum Gasteiger partial charge on any atom is 0.237 e. The molecule has 2 fully saturated rings. The standard InChI is InChI=1S/C17H20N4OS/c1-20(13-5-3-2-4-6-13)15(22)11-23-17-19-18-16(12-7-8-12)21(17)14-9-10-14/h2-6,12,14H,7-11H2,1H3. The third-order valence-corrected chi connectivity index (χ3v) is 5.32. The van der Waals surface area contributed by atoms with Crippen LogP contribution in [0.2, 0.25) is 0 Å². The number of hydrogen-bond donors (Lipinski definition) is 0. The SMILES string of the molecule is CN(C(=O)CSc1nnc(C2CC2)n1C1CC1)c1ccccc1. The van der Waals surface area contributed by atoms with Crippen molar-refractivity contribution in [1.82, 2.24) is 14.8 Å². The zero-order valence-electron chi connectivity index (χ0n) is 13.2. The molecule has 0 atom stereocenters. The monoisotopic (exact) mass is 328 g/mol. The van der Waals surface area contributed by atoms with Crippen LogP contribution in [0.4, 0.5) is 5.69 Å². The first kappa shape index (κ1) is 14.8. The topological polar surface area (TPSA) is 51.0 Å². The van der Waals surface area contributed by atoms with Gasteiger partial charge >= 0.3 is 0 Å². The summed E-state index contributed by atoms with van der Waals surface area (Å²) in [6.07, 6.45) is 4.88. The lowest BCUT2D eigenvalue weighted by Gasteiger charge is -2.17. The van der Waals surface area contributed by atoms with Gasteiger partial charge in [-0.05, 0) is 37.8 Å². The Hall–Kier alpha value is -1.82. The molecule has 0 aliphatic heterocycles. The van der Waals surface area contributed by atoms with Crippen LogP contribution in [0.25, 0.3) is 0 Å². The summed E-state index contributed by atoms with van der Waals surface area (Å²) in [5.74, 6) is 2.21. The molecule has 0 N–H and O–H groups in total. The van der Waals surface area contributed by atoms with Crippen molar-refractivity contribution in [3.8, 4) is 0 Å². The average molecular weight is 328 g/mol. The highest BCUT2D eigenvalue weighted by Gasteiger charge is 2.36. The quantitative estimate of drug-likeness (QED) is 0.764. The normalized spacial score (nSPS) is 17.3. The fourth-order valence-corrected chi connectivity index (χ4v) is 3.63. The molecule has 0 saturated heterocycles. The van der Waals surface area contributed by atoms with Gasteiger partial charge in [-0.1, -0.05) is 30.0 Å². The number of rotatable bonds is 6. The van der Waals surface area contributed by atoms with Gasteiger partial charge < -0.3 is 9.47 Å². The fraction of sp³-hybridized carbons (Fsp3) is 0.471. The molecule has 2 aromatic rings. The Labute approximate surface area is 140 Å². The molecule has 0 unspecified atom stereocenters. The lowest BCUT2D eigenvalue weighted by Crippen LogP contribution is -2.27. The number of carbonyl (C=O) groups excluding carboxylic acids is 1. The third-order valence-electron chi connectivity index (χ3n) is 4.39. The molecule has 6 heteroatoms. The predicted molar refractivity (Wildman–Crippen MR) is 90.8 cm³/mol. The van der Waals surface area contributed by atoms with Crippen molar-refractivity contribution >= 4 is 23.4 Å². The zero-order valence-corrected chi connectivity index (χ0v) is 14.0. The molecule has 0 spiro atoms. The van der Waals surface area contributed by atoms with E-state index in [0.717, 1.165) is 16.7 Å². The van der Waals surface area contributed by atoms with Gasteiger partial charge in [-0.15, -0.1) is 10.2 Å². The summed E-state index contributed by atoms with van der Waals surface area (Å²) in [6.45, 7) is 0. The predicted octanol–water partition coefficient (Wildman–Crippen LogP) is 3.25. The summed E-state index contributed by atoms with van der Waals surface area (Å²) in [4.78, 5) is 14.1. The molecule has 2 aliphatic rings. The van der Waals surface area contributed by atoms with E-state index in [1.807, 2.05) is 37.4 Å². The number of para-hydroxylation sites is 1. The van der Waals surface area contributed by atoms with Gasteiger partial charge in [-0.2, -0.15) is 0 Å². The highest BCUT2D eigenvalue weighted by atomic mass is 32.2. The Morgan fingerprint density at radius 2 is 1.96 bits per heavy atom. The number of nitrogens with zero attached hydrogens (tertiary/aromatic N) is 4. The second-order valence-corrected chi connectivity index (χ2v) is 7.24. The minimum absolute atomic E-state index is 0.0829. The molecule has 1 aromatic heterocycles. The van der Waals surface area contributed by atoms with Gasteiger partial charge in [0.25, 0.3) is 0 Å². The molecule has 120 valence electrons. The molecule has 0 bridgehead atoms. The highest BCUT2D eigenvalue weighted by molar-refractivity contribution is 7.99. The van der Waals surface area contributed by atoms with Gasteiger partial charge in [0.2, 0.25) is 5.91 Å². The van der Waals surface area contributed by atoms with Gasteiger partial charge in [-0.3, -0.25) is 4.79 Å². The van der Waals surface area contributed by atoms with E-state index in [1.165, 1.54) is 37.4 Å². The number of benzene rings is 1. The van der Waals surface area contributed by atoms with Crippen LogP contribution in [-0.2, 0) is 4.79 Å². The van der Waals surface area contributed by atoms with Gasteiger partial charge in [0.15, 0.2) is 5.16 Å². The Bertz CT molecular complexity index is 707. The Morgan fingerprint density at radius 3 is 2.61 bits per heavy atom. The minimum atomic E-state index is 0.0829. The van der Waals surface area contributed by atoms with E-state index in [0.29, 0.717) is 17.7 Å². The average Bonchev–Trinajstić information content (AvgIpc) is 3.51. The first-order chi connectivity index (χ1) is 11.2. The molecule has 0 radical (unpaired) electrons. The number of hydrogen-bond acceptors (Lipinski definition) is 4. The highest BCUT2D eigenvalue weighted by Crippen LogP contribution is 2.45. The number of anilines is 1. The molecule has 1 aromatic carbocycles. The third kappa shape index (κ3) is 3.13. The van der Waals surface area contributed by atoms with Crippen LogP contribution in [-0.4, -0.2) is 33.5 Å². The van der Waals surface area contributed by atoms with Crippen molar-refractivity contribution in [3.05, 3.63) is 36.2 Å². The largest absolute Gasteiger partial charge is 0.315 e. The van der Waals surface area contributed by atoms with E-state index in [2.05, 4.69) is 14.8 Å². The lowest BCUT2D eigenvalue weighted by molar-refractivity contribution is -0.115. The summed E-state index contributed by atoms with van der Waals surface area (Å²) in [5.41, 5.74) is 0.917. The van der Waals surface area contributed by atoms with Crippen LogP contribution in [0.1, 0.15) is 43.5 Å². The minimum Gasteiger partial charge on any atom is -0.315 e. The van der Waals surface area contributed by atoms with Crippen molar-refractivity contribution in [2.45, 2.75) is 42.8 Å². The summed E-state index contributed by atoms with van der Waals surface area (Å²) < 4.78 is 2.29. The van der Waals surface area contributed by atoms with Crippen LogP contribution in [0, 0.1) is 0 Å². The molecule has 2 saturated carbocycles. The van der Waals surface area contributed by atoms with Gasteiger partial charge in [0.1, 0.15) is 5.82 Å². The second-order valence-electron chi connectivity index (χ2n) is 6.29. The van der Waals surface area contributed by atoms with Gasteiger partial charge in [0, 0.05) is 24.7 Å². The number of carbonyl (C=O) groups is 1. The van der Waals surface area contributed by atoms with E-state index in [9.17, 15) is 4.79 Å². The molecular weight excluding hydrogens is 308 g/mol. The summed E-state index contributed by atoms with van der Waals surface area (Å²) in [5, 5.41) is 9.64. The first-order valence-electron chi connectivity index (χ1n) is 8.13. The molecule has 1 amide bonds. The van der Waals surface area contributed by atoms with Crippen LogP contribution in [0.3, 0.4) is 0 Å². The molecular formula is C17H20N4OS. The van der Waals surface area contributed by atoms with Crippen molar-refractivity contribution in [2.75, 3.05) is 17.7 Å². The van der Waals surface area contributed by atoms with Crippen molar-refractivity contribution < 1.29 is 4.79 Å². The van der Waals surface area contributed by atoms with Crippen molar-refractivity contribution in [3.63, 3.8) is 0 Å². The van der Waals surface area contributed by atoms with Crippen LogP contribution < -0.4 is 4.90 Å². The smallest absolute Gasteiger partial charge is 0.237 e. The number of amides is 1. The van der Waals surface area contributed by atoms with Gasteiger partial charge in [0.05, 0.1) is 5.75 Å². The van der Waals surface area contributed by atoms with E-state index in [4.69, 9.17) is 0 Å². The van der Waals surface area contributed by atoms with Crippen LogP contribution >= 0.6 is 11.8 Å². The zero-order chi connectivity index (χ0) is 15.8. The summed E-state index contributed by atoms with van der Waals surface area (Å²) in [6, 6.07) is 10.3. The molecule has 4 rings (SSSR count). The van der Waals surface area contributed by atoms with E-state index >= 15 is 0 Å². The lowest BCUT2D eigenvalue weighted by atomic mass is 10.3. The maximum absolute atomic E-state index is 12.4. The molecule has 2 aliphatic carbocycles. The van der Waals surface area contributed by atoms with E-state index in [-0.39, 0.29) is 5.91 Å². The maximum atomic E-state index is 12.4. The molecule has 1 heterocycles. The van der Waals surface area contributed by atoms with E-state index < -0.39 is 0 Å². The van der Waals surface area contributed by atoms with Crippen molar-refractivity contribution in [1.29, 1.82) is 0 Å². The van der Waals surface area contributed by atoms with Crippen molar-refractivity contribution in [2.24, 2.45) is 0 Å². The molecule has 5 nitrogen and oxygen atoms in total. The summed E-state index contributed by atoms with van der Waals surface area (Å²) >= 11 is 1.51. The Kier molecular flexibility index (Phi) is 3.85. The van der Waals surface area contributed by atoms with Crippen LogP contribution in [0.5, 0.6) is 0 Å².